The molecule has 0 aliphatic carbocycles. The molecule has 1 rings (SSSR count). The summed E-state index contributed by atoms with van der Waals surface area (Å²) in [7, 11) is 1.47. The van der Waals surface area contributed by atoms with Gasteiger partial charge in [0.15, 0.2) is 0 Å². The molecule has 0 spiro atoms. The first-order chi connectivity index (χ1) is 6.37. The number of hydrogen-bond donors (Lipinski definition) is 0. The van der Waals surface area contributed by atoms with E-state index in [9.17, 15) is 12.9 Å². The smallest absolute Gasteiger partial charge is 0.448 e. The fourth-order valence-corrected chi connectivity index (χ4v) is 2.36. The van der Waals surface area contributed by atoms with E-state index in [1.54, 1.807) is 0 Å². The van der Waals surface area contributed by atoms with Crippen LogP contribution in [0.1, 0.15) is 5.56 Å². The van der Waals surface area contributed by atoms with Crippen LogP contribution in [-0.2, 0) is 6.54 Å². The number of thiophene rings is 1. The topological polar surface area (TPSA) is 3.24 Å². The Labute approximate surface area is 142 Å². The van der Waals surface area contributed by atoms with Gasteiger partial charge in [-0.1, -0.05) is 0 Å². The zero-order valence-electron chi connectivity index (χ0n) is 8.51. The molecule has 0 unspecified atom stereocenters. The number of rotatable bonds is 4. The maximum atomic E-state index is 12.0. The average molecular weight is 326 g/mol. The molecule has 1 aromatic rings. The Kier molecular flexibility index (Phi) is 7.93. The SMILES string of the molecule is CN(Cc1csc(Br)c1)C[B-](F)(F)F.[K+]. The van der Waals surface area contributed by atoms with E-state index >= 15 is 0 Å². The standard InChI is InChI=1S/C7H9BBrF3NS.K/c1-13(5-8(10,11)12)3-6-2-7(9)14-4-6;/h2,4H,3,5H2,1H3;/q-1;+1. The van der Waals surface area contributed by atoms with Crippen LogP contribution in [-0.4, -0.2) is 25.4 Å². The molecule has 1 nitrogen and oxygen atoms in total. The maximum Gasteiger partial charge on any atom is 1.00 e. The van der Waals surface area contributed by atoms with Crippen molar-refractivity contribution in [1.82, 2.24) is 4.90 Å². The van der Waals surface area contributed by atoms with Crippen LogP contribution in [0.3, 0.4) is 0 Å². The van der Waals surface area contributed by atoms with E-state index in [2.05, 4.69) is 15.9 Å². The van der Waals surface area contributed by atoms with Crippen molar-refractivity contribution in [3.05, 3.63) is 20.8 Å². The van der Waals surface area contributed by atoms with E-state index in [1.165, 1.54) is 23.3 Å². The van der Waals surface area contributed by atoms with Gasteiger partial charge in [0.2, 0.25) is 0 Å². The van der Waals surface area contributed by atoms with Gasteiger partial charge in [0.1, 0.15) is 0 Å². The van der Waals surface area contributed by atoms with E-state index in [-0.39, 0.29) is 51.4 Å². The van der Waals surface area contributed by atoms with Gasteiger partial charge in [0, 0.05) is 6.54 Å². The van der Waals surface area contributed by atoms with Crippen molar-refractivity contribution in [3.63, 3.8) is 0 Å². The summed E-state index contributed by atoms with van der Waals surface area (Å²) in [5.41, 5.74) is 0.907. The maximum absolute atomic E-state index is 12.0. The summed E-state index contributed by atoms with van der Waals surface area (Å²) in [6.07, 6.45) is -0.812. The zero-order chi connectivity index (χ0) is 10.8. The van der Waals surface area contributed by atoms with Crippen LogP contribution in [0.15, 0.2) is 15.2 Å². The quantitative estimate of drug-likeness (QED) is 0.721. The van der Waals surface area contributed by atoms with Crippen molar-refractivity contribution in [3.8, 4) is 0 Å². The normalized spacial score (nSPS) is 11.6. The van der Waals surface area contributed by atoms with E-state index in [0.29, 0.717) is 6.54 Å². The van der Waals surface area contributed by atoms with Gasteiger partial charge in [0.25, 0.3) is 0 Å². The van der Waals surface area contributed by atoms with Crippen LogP contribution in [0.2, 0.25) is 0 Å². The Morgan fingerprint density at radius 1 is 1.47 bits per heavy atom. The minimum atomic E-state index is -4.72. The van der Waals surface area contributed by atoms with Gasteiger partial charge in [-0.15, -0.1) is 11.3 Å². The van der Waals surface area contributed by atoms with E-state index in [4.69, 9.17) is 0 Å². The first kappa shape index (κ1) is 16.6. The molecule has 0 amide bonds. The van der Waals surface area contributed by atoms with Crippen LogP contribution in [0, 0.1) is 0 Å². The van der Waals surface area contributed by atoms with Gasteiger partial charge in [-0.3, -0.25) is 0 Å². The van der Waals surface area contributed by atoms with Crippen LogP contribution in [0.5, 0.6) is 0 Å². The summed E-state index contributed by atoms with van der Waals surface area (Å²) in [5, 5.41) is 1.85. The Morgan fingerprint density at radius 2 is 2.07 bits per heavy atom. The third-order valence-electron chi connectivity index (χ3n) is 1.59. The molecule has 0 saturated heterocycles. The second kappa shape index (κ2) is 7.15. The predicted octanol–water partition coefficient (Wildman–Crippen LogP) is 0.333. The number of nitrogens with zero attached hydrogens (tertiary/aromatic N) is 1. The van der Waals surface area contributed by atoms with Crippen LogP contribution < -0.4 is 51.4 Å². The van der Waals surface area contributed by atoms with E-state index in [0.717, 1.165) is 9.35 Å². The number of halogens is 4. The van der Waals surface area contributed by atoms with E-state index in [1.807, 2.05) is 11.4 Å². The average Bonchev–Trinajstić information content (AvgIpc) is 2.30. The molecule has 0 N–H and O–H groups in total. The van der Waals surface area contributed by atoms with Crippen LogP contribution >= 0.6 is 27.3 Å². The molecule has 1 heterocycles. The second-order valence-corrected chi connectivity index (χ2v) is 5.46. The molecule has 0 aliphatic heterocycles. The molecular formula is C7H9BBrF3KNS. The molecule has 8 heteroatoms. The van der Waals surface area contributed by atoms with Crippen LogP contribution in [0.4, 0.5) is 12.9 Å². The van der Waals surface area contributed by atoms with Gasteiger partial charge in [-0.05, 0) is 46.4 Å². The minimum Gasteiger partial charge on any atom is -0.448 e. The molecule has 0 saturated carbocycles. The van der Waals surface area contributed by atoms with Crippen LogP contribution in [0.25, 0.3) is 0 Å². The molecule has 0 radical (unpaired) electrons. The Bertz CT molecular complexity index is 307. The molecule has 1 aromatic heterocycles. The summed E-state index contributed by atoms with van der Waals surface area (Å²) in [6.45, 7) is -4.38. The summed E-state index contributed by atoms with van der Waals surface area (Å²) in [4.78, 5) is 1.27. The van der Waals surface area contributed by atoms with Crippen molar-refractivity contribution < 1.29 is 64.3 Å². The molecule has 80 valence electrons. The van der Waals surface area contributed by atoms with Gasteiger partial charge in [-0.2, -0.15) is 0 Å². The summed E-state index contributed by atoms with van der Waals surface area (Å²) in [5.74, 6) is 0. The second-order valence-electron chi connectivity index (χ2n) is 3.17. The molecule has 15 heavy (non-hydrogen) atoms. The zero-order valence-corrected chi connectivity index (χ0v) is 14.0. The van der Waals surface area contributed by atoms with Crippen molar-refractivity contribution in [2.24, 2.45) is 0 Å². The molecule has 0 fully saturated rings. The minimum absolute atomic E-state index is 0. The van der Waals surface area contributed by atoms with E-state index < -0.39 is 13.4 Å². The Morgan fingerprint density at radius 3 is 2.47 bits per heavy atom. The number of hydrogen-bond acceptors (Lipinski definition) is 2. The fraction of sp³-hybridized carbons (Fsp3) is 0.429. The van der Waals surface area contributed by atoms with Crippen molar-refractivity contribution in [2.75, 3.05) is 13.5 Å². The van der Waals surface area contributed by atoms with Crippen molar-refractivity contribution in [2.45, 2.75) is 6.54 Å². The first-order valence-corrected chi connectivity index (χ1v) is 5.66. The van der Waals surface area contributed by atoms with Gasteiger partial charge in [-0.25, -0.2) is 0 Å². The molecule has 0 aromatic carbocycles. The summed E-state index contributed by atoms with van der Waals surface area (Å²) >= 11 is 4.74. The van der Waals surface area contributed by atoms with Gasteiger partial charge in [0.05, 0.1) is 3.79 Å². The van der Waals surface area contributed by atoms with Gasteiger partial charge < -0.3 is 17.8 Å². The molecular weight excluding hydrogens is 317 g/mol. The molecule has 0 bridgehead atoms. The fourth-order valence-electron chi connectivity index (χ4n) is 1.16. The monoisotopic (exact) mass is 325 g/mol. The summed E-state index contributed by atoms with van der Waals surface area (Å²) in [6, 6.07) is 1.84. The Balaban J connectivity index is 0.00000196. The Hall–Kier alpha value is 1.63. The molecule has 0 aliphatic rings. The third-order valence-corrected chi connectivity index (χ3v) is 3.15. The first-order valence-electron chi connectivity index (χ1n) is 3.99. The van der Waals surface area contributed by atoms with Crippen molar-refractivity contribution in [1.29, 1.82) is 0 Å². The third kappa shape index (κ3) is 7.54. The van der Waals surface area contributed by atoms with Gasteiger partial charge >= 0.3 is 58.4 Å². The largest absolute Gasteiger partial charge is 1.00 e. The predicted molar refractivity (Wildman–Crippen MR) is 57.4 cm³/mol. The van der Waals surface area contributed by atoms with Crippen molar-refractivity contribution >= 4 is 34.2 Å². The molecule has 0 atom stereocenters. The summed E-state index contributed by atoms with van der Waals surface area (Å²) < 4.78 is 37.0.